The second-order valence-corrected chi connectivity index (χ2v) is 5.59. The smallest absolute Gasteiger partial charge is 0.343 e. The number of esters is 1. The van der Waals surface area contributed by atoms with Crippen molar-refractivity contribution in [1.29, 1.82) is 0 Å². The lowest BCUT2D eigenvalue weighted by molar-refractivity contribution is 0.0735. The van der Waals surface area contributed by atoms with Gasteiger partial charge < -0.3 is 14.0 Å². The first kappa shape index (κ1) is 15.1. The standard InChI is InChI=1S/C18H18N2O3/c1-12(2)22-14-6-4-13(5-7-14)18(21)23-15-8-9-17-16(10-15)19-11-20(17)3/h4-12H,1-3H3. The summed E-state index contributed by atoms with van der Waals surface area (Å²) in [6.45, 7) is 3.91. The van der Waals surface area contributed by atoms with Gasteiger partial charge in [-0.2, -0.15) is 0 Å². The molecule has 3 aromatic rings. The van der Waals surface area contributed by atoms with Crippen molar-refractivity contribution < 1.29 is 14.3 Å². The Labute approximate surface area is 134 Å². The quantitative estimate of drug-likeness (QED) is 0.546. The Morgan fingerprint density at radius 3 is 2.48 bits per heavy atom. The zero-order valence-electron chi connectivity index (χ0n) is 13.3. The fourth-order valence-corrected chi connectivity index (χ4v) is 2.29. The van der Waals surface area contributed by atoms with Crippen molar-refractivity contribution in [3.8, 4) is 11.5 Å². The molecule has 0 N–H and O–H groups in total. The van der Waals surface area contributed by atoms with Crippen LogP contribution in [0.25, 0.3) is 11.0 Å². The highest BCUT2D eigenvalue weighted by Crippen LogP contribution is 2.21. The summed E-state index contributed by atoms with van der Waals surface area (Å²) in [5.41, 5.74) is 2.25. The van der Waals surface area contributed by atoms with Crippen LogP contribution in [-0.2, 0) is 7.05 Å². The molecule has 2 aromatic carbocycles. The summed E-state index contributed by atoms with van der Waals surface area (Å²) in [6.07, 6.45) is 1.82. The minimum Gasteiger partial charge on any atom is -0.491 e. The maximum absolute atomic E-state index is 12.2. The highest BCUT2D eigenvalue weighted by atomic mass is 16.5. The van der Waals surface area contributed by atoms with Gasteiger partial charge in [0.15, 0.2) is 0 Å². The number of imidazole rings is 1. The third kappa shape index (κ3) is 3.34. The van der Waals surface area contributed by atoms with E-state index in [2.05, 4.69) is 4.98 Å². The zero-order valence-corrected chi connectivity index (χ0v) is 13.3. The Morgan fingerprint density at radius 2 is 1.78 bits per heavy atom. The summed E-state index contributed by atoms with van der Waals surface area (Å²) in [7, 11) is 1.92. The van der Waals surface area contributed by atoms with Crippen molar-refractivity contribution in [2.45, 2.75) is 20.0 Å². The predicted molar refractivity (Wildman–Crippen MR) is 87.9 cm³/mol. The fourth-order valence-electron chi connectivity index (χ4n) is 2.29. The number of ether oxygens (including phenoxy) is 2. The van der Waals surface area contributed by atoms with E-state index in [9.17, 15) is 4.79 Å². The maximum atomic E-state index is 12.2. The highest BCUT2D eigenvalue weighted by molar-refractivity contribution is 5.91. The topological polar surface area (TPSA) is 53.4 Å². The Hall–Kier alpha value is -2.82. The number of benzene rings is 2. The molecule has 0 saturated heterocycles. The van der Waals surface area contributed by atoms with Gasteiger partial charge in [-0.3, -0.25) is 0 Å². The molecule has 3 rings (SSSR count). The second-order valence-electron chi connectivity index (χ2n) is 5.59. The molecule has 1 aromatic heterocycles. The van der Waals surface area contributed by atoms with Gasteiger partial charge in [0.05, 0.1) is 29.0 Å². The van der Waals surface area contributed by atoms with Crippen LogP contribution in [-0.4, -0.2) is 21.6 Å². The summed E-state index contributed by atoms with van der Waals surface area (Å²) in [4.78, 5) is 16.5. The van der Waals surface area contributed by atoms with Crippen LogP contribution >= 0.6 is 0 Å². The molecule has 0 radical (unpaired) electrons. The normalized spacial score (nSPS) is 11.0. The number of rotatable bonds is 4. The predicted octanol–water partition coefficient (Wildman–Crippen LogP) is 3.58. The van der Waals surface area contributed by atoms with Gasteiger partial charge in [-0.05, 0) is 50.2 Å². The van der Waals surface area contributed by atoms with Crippen LogP contribution < -0.4 is 9.47 Å². The van der Waals surface area contributed by atoms with E-state index in [0.717, 1.165) is 16.8 Å². The SMILES string of the molecule is CC(C)Oc1ccc(C(=O)Oc2ccc3c(c2)ncn3C)cc1. The number of carbonyl (C=O) groups is 1. The molecule has 118 valence electrons. The molecule has 0 spiro atoms. The van der Waals surface area contributed by atoms with Gasteiger partial charge in [0, 0.05) is 13.1 Å². The first-order valence-corrected chi connectivity index (χ1v) is 7.43. The monoisotopic (exact) mass is 310 g/mol. The highest BCUT2D eigenvalue weighted by Gasteiger charge is 2.10. The number of nitrogens with zero attached hydrogens (tertiary/aromatic N) is 2. The summed E-state index contributed by atoms with van der Waals surface area (Å²) in [6, 6.07) is 12.3. The third-order valence-corrected chi connectivity index (χ3v) is 3.37. The number of hydrogen-bond acceptors (Lipinski definition) is 4. The number of aromatic nitrogens is 2. The number of carbonyl (C=O) groups excluding carboxylic acids is 1. The molecule has 0 unspecified atom stereocenters. The van der Waals surface area contributed by atoms with Gasteiger partial charge >= 0.3 is 5.97 Å². The summed E-state index contributed by atoms with van der Waals surface area (Å²) in [5.74, 6) is 0.798. The minimum absolute atomic E-state index is 0.0953. The fraction of sp³-hybridized carbons (Fsp3) is 0.222. The Morgan fingerprint density at radius 1 is 1.09 bits per heavy atom. The van der Waals surface area contributed by atoms with Crippen LogP contribution in [0.5, 0.6) is 11.5 Å². The number of hydrogen-bond donors (Lipinski definition) is 0. The lowest BCUT2D eigenvalue weighted by Crippen LogP contribution is -2.09. The first-order valence-electron chi connectivity index (χ1n) is 7.43. The van der Waals surface area contributed by atoms with E-state index in [-0.39, 0.29) is 6.10 Å². The van der Waals surface area contributed by atoms with Crippen molar-refractivity contribution >= 4 is 17.0 Å². The molecule has 5 heteroatoms. The van der Waals surface area contributed by atoms with Gasteiger partial charge in [0.2, 0.25) is 0 Å². The van der Waals surface area contributed by atoms with Gasteiger partial charge in [0.25, 0.3) is 0 Å². The van der Waals surface area contributed by atoms with Crippen LogP contribution in [0.4, 0.5) is 0 Å². The molecule has 5 nitrogen and oxygen atoms in total. The summed E-state index contributed by atoms with van der Waals surface area (Å²) in [5, 5.41) is 0. The molecule has 0 saturated carbocycles. The number of aryl methyl sites for hydroxylation is 1. The van der Waals surface area contributed by atoms with E-state index in [1.165, 1.54) is 0 Å². The van der Waals surface area contributed by atoms with E-state index in [4.69, 9.17) is 9.47 Å². The van der Waals surface area contributed by atoms with Gasteiger partial charge in [0.1, 0.15) is 11.5 Å². The van der Waals surface area contributed by atoms with E-state index < -0.39 is 5.97 Å². The van der Waals surface area contributed by atoms with E-state index in [0.29, 0.717) is 11.3 Å². The van der Waals surface area contributed by atoms with Crippen LogP contribution in [0.3, 0.4) is 0 Å². The van der Waals surface area contributed by atoms with Crippen LogP contribution in [0.1, 0.15) is 24.2 Å². The Balaban J connectivity index is 1.74. The third-order valence-electron chi connectivity index (χ3n) is 3.37. The minimum atomic E-state index is -0.406. The number of fused-ring (bicyclic) bond motifs is 1. The van der Waals surface area contributed by atoms with Crippen molar-refractivity contribution in [1.82, 2.24) is 9.55 Å². The molecule has 0 aliphatic rings. The molecule has 23 heavy (non-hydrogen) atoms. The van der Waals surface area contributed by atoms with Gasteiger partial charge in [-0.25, -0.2) is 9.78 Å². The molecule has 1 heterocycles. The zero-order chi connectivity index (χ0) is 16.4. The first-order chi connectivity index (χ1) is 11.0. The van der Waals surface area contributed by atoms with E-state index in [1.54, 1.807) is 42.7 Å². The van der Waals surface area contributed by atoms with Crippen molar-refractivity contribution in [2.24, 2.45) is 7.05 Å². The molecule has 0 aliphatic heterocycles. The van der Waals surface area contributed by atoms with E-state index >= 15 is 0 Å². The van der Waals surface area contributed by atoms with Crippen LogP contribution in [0.2, 0.25) is 0 Å². The second kappa shape index (κ2) is 6.12. The summed E-state index contributed by atoms with van der Waals surface area (Å²) >= 11 is 0. The average molecular weight is 310 g/mol. The van der Waals surface area contributed by atoms with Crippen LogP contribution in [0.15, 0.2) is 48.8 Å². The largest absolute Gasteiger partial charge is 0.491 e. The van der Waals surface area contributed by atoms with Crippen LogP contribution in [0, 0.1) is 0 Å². The lowest BCUT2D eigenvalue weighted by Gasteiger charge is -2.10. The molecule has 0 atom stereocenters. The van der Waals surface area contributed by atoms with Gasteiger partial charge in [-0.15, -0.1) is 0 Å². The molecular weight excluding hydrogens is 292 g/mol. The van der Waals surface area contributed by atoms with E-state index in [1.807, 2.05) is 31.5 Å². The Bertz CT molecular complexity index is 835. The molecule has 0 aliphatic carbocycles. The summed E-state index contributed by atoms with van der Waals surface area (Å²) < 4.78 is 12.9. The maximum Gasteiger partial charge on any atom is 0.343 e. The van der Waals surface area contributed by atoms with Crippen molar-refractivity contribution in [3.05, 3.63) is 54.4 Å². The molecule has 0 bridgehead atoms. The van der Waals surface area contributed by atoms with Gasteiger partial charge in [-0.1, -0.05) is 0 Å². The average Bonchev–Trinajstić information content (AvgIpc) is 2.88. The molecule has 0 amide bonds. The Kier molecular flexibility index (Phi) is 4.02. The van der Waals surface area contributed by atoms with Crippen molar-refractivity contribution in [2.75, 3.05) is 0 Å². The lowest BCUT2D eigenvalue weighted by atomic mass is 10.2. The molecular formula is C18H18N2O3. The van der Waals surface area contributed by atoms with Crippen molar-refractivity contribution in [3.63, 3.8) is 0 Å². The molecule has 0 fully saturated rings.